The lowest BCUT2D eigenvalue weighted by molar-refractivity contribution is 0.474. The van der Waals surface area contributed by atoms with Gasteiger partial charge in [0.05, 0.1) is 6.54 Å². The number of aryl methyl sites for hydroxylation is 1. The van der Waals surface area contributed by atoms with E-state index in [4.69, 9.17) is 5.73 Å². The van der Waals surface area contributed by atoms with Crippen LogP contribution in [0, 0.1) is 5.92 Å². The van der Waals surface area contributed by atoms with Crippen LogP contribution >= 0.6 is 0 Å². The van der Waals surface area contributed by atoms with Crippen LogP contribution in [0.1, 0.15) is 26.1 Å². The normalized spacial score (nSPS) is 11.0. The second-order valence-electron chi connectivity index (χ2n) is 3.29. The van der Waals surface area contributed by atoms with E-state index in [1.807, 2.05) is 4.68 Å². The summed E-state index contributed by atoms with van der Waals surface area (Å²) in [6, 6.07) is 0. The van der Waals surface area contributed by atoms with Crippen LogP contribution in [-0.2, 0) is 13.1 Å². The first-order valence-electron chi connectivity index (χ1n) is 4.30. The van der Waals surface area contributed by atoms with E-state index in [9.17, 15) is 0 Å². The molecule has 0 saturated heterocycles. The third-order valence-corrected chi connectivity index (χ3v) is 1.80. The molecule has 1 aromatic heterocycles. The lowest BCUT2D eigenvalue weighted by atomic mass is 10.1. The van der Waals surface area contributed by atoms with Crippen LogP contribution in [0.3, 0.4) is 0 Å². The van der Waals surface area contributed by atoms with Crippen molar-refractivity contribution in [3.63, 3.8) is 0 Å². The minimum absolute atomic E-state index is 0.470. The van der Waals surface area contributed by atoms with Gasteiger partial charge in [-0.2, -0.15) is 5.10 Å². The van der Waals surface area contributed by atoms with Crippen LogP contribution in [-0.4, -0.2) is 14.8 Å². The summed E-state index contributed by atoms with van der Waals surface area (Å²) in [5.74, 6) is 1.57. The van der Waals surface area contributed by atoms with Crippen molar-refractivity contribution in [1.82, 2.24) is 14.8 Å². The van der Waals surface area contributed by atoms with Crippen molar-refractivity contribution in [3.05, 3.63) is 12.2 Å². The fourth-order valence-electron chi connectivity index (χ4n) is 1.01. The molecule has 0 amide bonds. The second-order valence-corrected chi connectivity index (χ2v) is 3.29. The molecule has 1 rings (SSSR count). The summed E-state index contributed by atoms with van der Waals surface area (Å²) >= 11 is 0. The molecule has 0 unspecified atom stereocenters. The van der Waals surface area contributed by atoms with Crippen molar-refractivity contribution in [2.75, 3.05) is 0 Å². The van der Waals surface area contributed by atoms with Gasteiger partial charge in [0.25, 0.3) is 0 Å². The Morgan fingerprint density at radius 2 is 2.33 bits per heavy atom. The maximum absolute atomic E-state index is 5.48. The van der Waals surface area contributed by atoms with Gasteiger partial charge in [0.15, 0.2) is 0 Å². The van der Waals surface area contributed by atoms with E-state index in [-0.39, 0.29) is 0 Å². The first-order chi connectivity index (χ1) is 5.74. The molecule has 0 aliphatic carbocycles. The maximum atomic E-state index is 5.48. The number of aromatic nitrogens is 3. The van der Waals surface area contributed by atoms with Crippen molar-refractivity contribution in [3.8, 4) is 0 Å². The van der Waals surface area contributed by atoms with Crippen molar-refractivity contribution in [1.29, 1.82) is 0 Å². The molecule has 0 spiro atoms. The molecule has 0 aromatic carbocycles. The average Bonchev–Trinajstić information content (AvgIpc) is 2.47. The minimum atomic E-state index is 0.470. The van der Waals surface area contributed by atoms with E-state index in [1.165, 1.54) is 0 Å². The maximum Gasteiger partial charge on any atom is 0.140 e. The summed E-state index contributed by atoms with van der Waals surface area (Å²) in [6.45, 7) is 5.78. The van der Waals surface area contributed by atoms with E-state index in [2.05, 4.69) is 23.9 Å². The highest BCUT2D eigenvalue weighted by Gasteiger charge is 2.02. The third-order valence-electron chi connectivity index (χ3n) is 1.80. The quantitative estimate of drug-likeness (QED) is 0.723. The van der Waals surface area contributed by atoms with Crippen molar-refractivity contribution < 1.29 is 0 Å². The first-order valence-corrected chi connectivity index (χ1v) is 4.30. The molecule has 0 atom stereocenters. The topological polar surface area (TPSA) is 56.7 Å². The highest BCUT2D eigenvalue weighted by atomic mass is 15.3. The molecule has 12 heavy (non-hydrogen) atoms. The van der Waals surface area contributed by atoms with E-state index in [1.54, 1.807) is 6.33 Å². The van der Waals surface area contributed by atoms with E-state index in [0.29, 0.717) is 12.5 Å². The summed E-state index contributed by atoms with van der Waals surface area (Å²) in [7, 11) is 0. The number of nitrogens with zero attached hydrogens (tertiary/aromatic N) is 3. The molecule has 2 N–H and O–H groups in total. The highest BCUT2D eigenvalue weighted by Crippen LogP contribution is 2.02. The van der Waals surface area contributed by atoms with Gasteiger partial charge in [0.1, 0.15) is 12.2 Å². The Kier molecular flexibility index (Phi) is 3.22. The third kappa shape index (κ3) is 2.30. The zero-order chi connectivity index (χ0) is 8.97. The number of hydrogen-bond donors (Lipinski definition) is 1. The molecule has 0 saturated carbocycles. The van der Waals surface area contributed by atoms with Gasteiger partial charge in [-0.3, -0.25) is 0 Å². The number of rotatable bonds is 4. The smallest absolute Gasteiger partial charge is 0.140 e. The fraction of sp³-hybridized carbons (Fsp3) is 0.750. The summed E-state index contributed by atoms with van der Waals surface area (Å²) in [4.78, 5) is 4.04. The zero-order valence-corrected chi connectivity index (χ0v) is 7.70. The molecular weight excluding hydrogens is 152 g/mol. The predicted molar refractivity (Wildman–Crippen MR) is 47.4 cm³/mol. The van der Waals surface area contributed by atoms with Gasteiger partial charge in [-0.05, 0) is 12.3 Å². The van der Waals surface area contributed by atoms with Gasteiger partial charge in [0.2, 0.25) is 0 Å². The van der Waals surface area contributed by atoms with Crippen LogP contribution in [0.25, 0.3) is 0 Å². The standard InChI is InChI=1S/C8H16N4/c1-7(2)3-4-12-8(5-9)10-6-11-12/h6-7H,3-5,9H2,1-2H3. The van der Waals surface area contributed by atoms with Crippen LogP contribution in [0.15, 0.2) is 6.33 Å². The molecule has 4 heteroatoms. The molecule has 0 radical (unpaired) electrons. The predicted octanol–water partition coefficient (Wildman–Crippen LogP) is 0.783. The van der Waals surface area contributed by atoms with Gasteiger partial charge in [-0.1, -0.05) is 13.8 Å². The Morgan fingerprint density at radius 3 is 2.92 bits per heavy atom. The molecule has 1 aromatic rings. The Bertz CT molecular complexity index is 229. The van der Waals surface area contributed by atoms with Gasteiger partial charge < -0.3 is 5.73 Å². The van der Waals surface area contributed by atoms with Crippen molar-refractivity contribution >= 4 is 0 Å². The summed E-state index contributed by atoms with van der Waals surface area (Å²) < 4.78 is 1.88. The first kappa shape index (κ1) is 9.19. The van der Waals surface area contributed by atoms with Gasteiger partial charge in [-0.15, -0.1) is 0 Å². The van der Waals surface area contributed by atoms with Crippen LogP contribution in [0.5, 0.6) is 0 Å². The van der Waals surface area contributed by atoms with Crippen LogP contribution in [0.2, 0.25) is 0 Å². The lowest BCUT2D eigenvalue weighted by Crippen LogP contribution is -2.11. The Morgan fingerprint density at radius 1 is 1.58 bits per heavy atom. The summed E-state index contributed by atoms with van der Waals surface area (Å²) in [5, 5.41) is 4.08. The van der Waals surface area contributed by atoms with Crippen LogP contribution < -0.4 is 5.73 Å². The fourth-order valence-corrected chi connectivity index (χ4v) is 1.01. The van der Waals surface area contributed by atoms with Gasteiger partial charge in [-0.25, -0.2) is 9.67 Å². The SMILES string of the molecule is CC(C)CCn1ncnc1CN. The highest BCUT2D eigenvalue weighted by molar-refractivity contribution is 4.82. The molecule has 1 heterocycles. The van der Waals surface area contributed by atoms with E-state index < -0.39 is 0 Å². The minimum Gasteiger partial charge on any atom is -0.324 e. The molecule has 0 fully saturated rings. The molecule has 68 valence electrons. The molecule has 0 aliphatic rings. The number of nitrogens with two attached hydrogens (primary N) is 1. The largest absolute Gasteiger partial charge is 0.324 e. The monoisotopic (exact) mass is 168 g/mol. The lowest BCUT2D eigenvalue weighted by Gasteiger charge is -2.06. The second kappa shape index (κ2) is 4.21. The molecular formula is C8H16N4. The van der Waals surface area contributed by atoms with Crippen molar-refractivity contribution in [2.24, 2.45) is 11.7 Å². The Balaban J connectivity index is 2.50. The zero-order valence-electron chi connectivity index (χ0n) is 7.70. The van der Waals surface area contributed by atoms with E-state index in [0.717, 1.165) is 18.8 Å². The summed E-state index contributed by atoms with van der Waals surface area (Å²) in [5.41, 5.74) is 5.48. The Hall–Kier alpha value is -0.900. The van der Waals surface area contributed by atoms with E-state index >= 15 is 0 Å². The average molecular weight is 168 g/mol. The molecule has 4 nitrogen and oxygen atoms in total. The van der Waals surface area contributed by atoms with Crippen molar-refractivity contribution in [2.45, 2.75) is 33.4 Å². The van der Waals surface area contributed by atoms with Gasteiger partial charge in [0, 0.05) is 6.54 Å². The Labute approximate surface area is 72.8 Å². The van der Waals surface area contributed by atoms with Gasteiger partial charge >= 0.3 is 0 Å². The molecule has 0 aliphatic heterocycles. The molecule has 0 bridgehead atoms. The number of hydrogen-bond acceptors (Lipinski definition) is 3. The summed E-state index contributed by atoms with van der Waals surface area (Å²) in [6.07, 6.45) is 2.68. The van der Waals surface area contributed by atoms with Crippen LogP contribution in [0.4, 0.5) is 0 Å².